The van der Waals surface area contributed by atoms with Crippen LogP contribution < -0.4 is 10.6 Å². The number of rotatable bonds is 4. The number of azo groups is 1. The lowest BCUT2D eigenvalue weighted by molar-refractivity contribution is -0.384. The fourth-order valence-electron chi connectivity index (χ4n) is 4.47. The third kappa shape index (κ3) is 2.77. The normalized spacial score (nSPS) is 23.0. The molecule has 1 saturated carbocycles. The van der Waals surface area contributed by atoms with Crippen LogP contribution in [0, 0.1) is 17.0 Å². The number of para-hydroxylation sites is 1. The van der Waals surface area contributed by atoms with Crippen LogP contribution in [0.3, 0.4) is 0 Å². The largest absolute Gasteiger partial charge is 0.280 e. The lowest BCUT2D eigenvalue weighted by Crippen LogP contribution is -2.36. The summed E-state index contributed by atoms with van der Waals surface area (Å²) < 4.78 is 1.65. The van der Waals surface area contributed by atoms with E-state index in [9.17, 15) is 14.9 Å². The number of hydrogen-bond acceptors (Lipinski definition) is 7. The van der Waals surface area contributed by atoms with Gasteiger partial charge in [0.25, 0.3) is 11.2 Å². The van der Waals surface area contributed by atoms with Crippen molar-refractivity contribution in [1.29, 1.82) is 0 Å². The average molecular weight is 404 g/mol. The van der Waals surface area contributed by atoms with Crippen molar-refractivity contribution in [3.8, 4) is 0 Å². The summed E-state index contributed by atoms with van der Waals surface area (Å²) in [5, 5.41) is 22.4. The van der Waals surface area contributed by atoms with Gasteiger partial charge in [-0.2, -0.15) is 10.2 Å². The van der Waals surface area contributed by atoms with Gasteiger partial charge in [0.05, 0.1) is 27.6 Å². The van der Waals surface area contributed by atoms with Crippen molar-refractivity contribution in [2.75, 3.05) is 5.01 Å². The van der Waals surface area contributed by atoms with Crippen LogP contribution in [-0.2, 0) is 0 Å². The molecule has 2 fully saturated rings. The predicted molar refractivity (Wildman–Crippen MR) is 112 cm³/mol. The van der Waals surface area contributed by atoms with Crippen LogP contribution in [-0.4, -0.2) is 26.3 Å². The number of hydrogen-bond donors (Lipinski definition) is 0. The Kier molecular flexibility index (Phi) is 4.12. The molecule has 2 unspecified atom stereocenters. The van der Waals surface area contributed by atoms with E-state index in [0.29, 0.717) is 22.4 Å². The van der Waals surface area contributed by atoms with E-state index in [0.717, 1.165) is 25.7 Å². The summed E-state index contributed by atoms with van der Waals surface area (Å²) in [6.07, 6.45) is 3.80. The molecule has 9 heteroatoms. The Morgan fingerprint density at radius 3 is 2.70 bits per heavy atom. The van der Waals surface area contributed by atoms with E-state index < -0.39 is 10.6 Å². The van der Waals surface area contributed by atoms with Gasteiger partial charge in [-0.15, -0.1) is 0 Å². The molecule has 1 aliphatic heterocycles. The van der Waals surface area contributed by atoms with Crippen LogP contribution >= 0.6 is 0 Å². The molecule has 30 heavy (non-hydrogen) atoms. The van der Waals surface area contributed by atoms with E-state index >= 15 is 0 Å². The standard InChI is InChI=1S/C21H20N6O3/c1-14-22-18-7-3-2-6-17(18)20(28)25(14)26-19-8-4-5-13-21(19,26)24-23-15-9-11-16(12-10-15)27(29)30/h2-3,6-7,9-12,19H,4-5,8,13H2,1H3. The van der Waals surface area contributed by atoms with Crippen molar-refractivity contribution in [3.05, 3.63) is 74.8 Å². The number of benzene rings is 2. The number of nitro groups is 1. The molecule has 1 aromatic heterocycles. The quantitative estimate of drug-likeness (QED) is 0.283. The van der Waals surface area contributed by atoms with Gasteiger partial charge in [0, 0.05) is 12.1 Å². The second-order valence-corrected chi connectivity index (χ2v) is 7.75. The Bertz CT molecular complexity index is 1240. The zero-order chi connectivity index (χ0) is 20.9. The summed E-state index contributed by atoms with van der Waals surface area (Å²) in [5.74, 6) is 0.623. The SMILES string of the molecule is Cc1nc2ccccc2c(=O)n1N1C2CCCCC21N=Nc1ccc([N+](=O)[O-])cc1. The average Bonchev–Trinajstić information content (AvgIpc) is 3.41. The third-order valence-electron chi connectivity index (χ3n) is 5.96. The summed E-state index contributed by atoms with van der Waals surface area (Å²) in [5.41, 5.74) is 0.575. The topological polar surface area (TPSA) is 106 Å². The molecule has 5 rings (SSSR count). The molecular formula is C21H20N6O3. The molecule has 3 aromatic rings. The highest BCUT2D eigenvalue weighted by atomic mass is 16.6. The van der Waals surface area contributed by atoms with Crippen molar-refractivity contribution in [2.24, 2.45) is 10.2 Å². The maximum Gasteiger partial charge on any atom is 0.280 e. The van der Waals surface area contributed by atoms with Gasteiger partial charge in [0.15, 0.2) is 5.66 Å². The fourth-order valence-corrected chi connectivity index (χ4v) is 4.47. The monoisotopic (exact) mass is 404 g/mol. The van der Waals surface area contributed by atoms with Gasteiger partial charge in [-0.05, 0) is 50.5 Å². The maximum absolute atomic E-state index is 13.2. The molecule has 1 aliphatic carbocycles. The van der Waals surface area contributed by atoms with Gasteiger partial charge in [-0.3, -0.25) is 19.9 Å². The van der Waals surface area contributed by atoms with Gasteiger partial charge in [0.1, 0.15) is 5.82 Å². The molecule has 2 heterocycles. The molecule has 0 bridgehead atoms. The Morgan fingerprint density at radius 1 is 1.17 bits per heavy atom. The Morgan fingerprint density at radius 2 is 1.93 bits per heavy atom. The van der Waals surface area contributed by atoms with Crippen LogP contribution in [0.25, 0.3) is 10.9 Å². The van der Waals surface area contributed by atoms with Gasteiger partial charge >= 0.3 is 0 Å². The lowest BCUT2D eigenvalue weighted by atomic mass is 9.96. The molecule has 0 spiro atoms. The fraction of sp³-hybridized carbons (Fsp3) is 0.333. The van der Waals surface area contributed by atoms with Crippen LogP contribution in [0.4, 0.5) is 11.4 Å². The van der Waals surface area contributed by atoms with Gasteiger partial charge < -0.3 is 0 Å². The minimum atomic E-state index is -0.571. The summed E-state index contributed by atoms with van der Waals surface area (Å²) in [6.45, 7) is 1.83. The zero-order valence-corrected chi connectivity index (χ0v) is 16.4. The first-order valence-corrected chi connectivity index (χ1v) is 9.97. The number of aromatic nitrogens is 2. The highest BCUT2D eigenvalue weighted by molar-refractivity contribution is 5.77. The molecule has 2 atom stereocenters. The first kappa shape index (κ1) is 18.4. The molecule has 152 valence electrons. The first-order chi connectivity index (χ1) is 14.5. The van der Waals surface area contributed by atoms with Gasteiger partial charge in [-0.25, -0.2) is 9.66 Å². The second-order valence-electron chi connectivity index (χ2n) is 7.75. The summed E-state index contributed by atoms with van der Waals surface area (Å²) in [4.78, 5) is 28.2. The minimum Gasteiger partial charge on any atom is -0.270 e. The van der Waals surface area contributed by atoms with Crippen molar-refractivity contribution < 1.29 is 4.92 Å². The molecule has 0 N–H and O–H groups in total. The minimum absolute atomic E-state index is 0.0140. The van der Waals surface area contributed by atoms with Crippen molar-refractivity contribution in [2.45, 2.75) is 44.3 Å². The number of nitrogens with zero attached hydrogens (tertiary/aromatic N) is 6. The van der Waals surface area contributed by atoms with E-state index in [-0.39, 0.29) is 17.3 Å². The molecule has 2 aromatic carbocycles. The van der Waals surface area contributed by atoms with Gasteiger partial charge in [0.2, 0.25) is 0 Å². The van der Waals surface area contributed by atoms with Crippen LogP contribution in [0.5, 0.6) is 0 Å². The van der Waals surface area contributed by atoms with Crippen LogP contribution in [0.15, 0.2) is 63.6 Å². The van der Waals surface area contributed by atoms with E-state index in [1.165, 1.54) is 12.1 Å². The molecule has 9 nitrogen and oxygen atoms in total. The smallest absolute Gasteiger partial charge is 0.270 e. The maximum atomic E-state index is 13.2. The summed E-state index contributed by atoms with van der Waals surface area (Å²) in [7, 11) is 0. The molecule has 1 saturated heterocycles. The highest BCUT2D eigenvalue weighted by Gasteiger charge is 2.66. The van der Waals surface area contributed by atoms with Gasteiger partial charge in [-0.1, -0.05) is 18.6 Å². The van der Waals surface area contributed by atoms with E-state index in [1.807, 2.05) is 30.1 Å². The summed E-state index contributed by atoms with van der Waals surface area (Å²) >= 11 is 0. The molecule has 0 radical (unpaired) electrons. The second kappa shape index (κ2) is 6.72. The molecular weight excluding hydrogens is 384 g/mol. The third-order valence-corrected chi connectivity index (χ3v) is 5.96. The van der Waals surface area contributed by atoms with Crippen LogP contribution in [0.1, 0.15) is 31.5 Å². The van der Waals surface area contributed by atoms with E-state index in [4.69, 9.17) is 0 Å². The predicted octanol–water partition coefficient (Wildman–Crippen LogP) is 3.99. The zero-order valence-electron chi connectivity index (χ0n) is 16.4. The summed E-state index contributed by atoms with van der Waals surface area (Å²) in [6, 6.07) is 13.4. The molecule has 0 amide bonds. The Hall–Kier alpha value is -3.62. The lowest BCUT2D eigenvalue weighted by Gasteiger charge is -2.17. The van der Waals surface area contributed by atoms with E-state index in [2.05, 4.69) is 15.2 Å². The molecule has 2 aliphatic rings. The van der Waals surface area contributed by atoms with E-state index in [1.54, 1.807) is 22.9 Å². The number of aryl methyl sites for hydroxylation is 1. The van der Waals surface area contributed by atoms with Crippen molar-refractivity contribution in [3.63, 3.8) is 0 Å². The number of nitro benzene ring substituents is 1. The Labute approximate surface area is 171 Å². The number of fused-ring (bicyclic) bond motifs is 2. The highest BCUT2D eigenvalue weighted by Crippen LogP contribution is 2.50. The first-order valence-electron chi connectivity index (χ1n) is 9.97. The van der Waals surface area contributed by atoms with Crippen molar-refractivity contribution in [1.82, 2.24) is 9.66 Å². The Balaban J connectivity index is 1.53. The van der Waals surface area contributed by atoms with Crippen molar-refractivity contribution >= 4 is 22.3 Å². The van der Waals surface area contributed by atoms with Crippen LogP contribution in [0.2, 0.25) is 0 Å². The number of non-ortho nitro benzene ring substituents is 1.